The van der Waals surface area contributed by atoms with Crippen LogP contribution < -0.4 is 16.0 Å². The van der Waals surface area contributed by atoms with Crippen molar-refractivity contribution in [1.82, 2.24) is 20.9 Å². The molecule has 0 radical (unpaired) electrons. The lowest BCUT2D eigenvalue weighted by molar-refractivity contribution is -0.155. The Hall–Kier alpha value is -2.70. The van der Waals surface area contributed by atoms with Crippen LogP contribution >= 0.6 is 0 Å². The molecule has 0 spiro atoms. The molecule has 0 aromatic heterocycles. The normalized spacial score (nSPS) is 33.6. The number of carbonyl (C=O) groups is 2. The van der Waals surface area contributed by atoms with Gasteiger partial charge in [0, 0.05) is 42.2 Å². The molecule has 6 nitrogen and oxygen atoms in total. The highest BCUT2D eigenvalue weighted by Gasteiger charge is 2.68. The van der Waals surface area contributed by atoms with Crippen molar-refractivity contribution < 1.29 is 9.59 Å². The van der Waals surface area contributed by atoms with E-state index in [2.05, 4.69) is 97.1 Å². The number of hydrogen-bond acceptors (Lipinski definition) is 4. The van der Waals surface area contributed by atoms with E-state index in [1.165, 1.54) is 11.1 Å². The lowest BCUT2D eigenvalue weighted by Gasteiger charge is -2.56. The van der Waals surface area contributed by atoms with Gasteiger partial charge in [0.15, 0.2) is 0 Å². The number of nitrogens with one attached hydrogen (secondary N) is 3. The minimum absolute atomic E-state index is 0.0119. The summed E-state index contributed by atoms with van der Waals surface area (Å²) in [6.07, 6.45) is 3.22. The summed E-state index contributed by atoms with van der Waals surface area (Å²) in [6.45, 7) is 10.5. The standard InChI is InChI=1S/C32H42N4O2/c1-30(2)17-24(18-31(3,4)35-30)33-29(38)32-16-23-20-36(19-22-13-9-6-10-14-22)27(26(23)28(37)34-32)25(32)15-21-11-7-5-8-12-21/h5-14,23-27,35H,15-20H2,1-4H3,(H,33,38)(H,34,37). The Morgan fingerprint density at radius 3 is 2.16 bits per heavy atom. The molecule has 3 N–H and O–H groups in total. The van der Waals surface area contributed by atoms with Crippen LogP contribution in [0.3, 0.4) is 0 Å². The summed E-state index contributed by atoms with van der Waals surface area (Å²) in [5, 5.41) is 10.5. The van der Waals surface area contributed by atoms with Crippen LogP contribution in [0.4, 0.5) is 0 Å². The summed E-state index contributed by atoms with van der Waals surface area (Å²) in [5.41, 5.74) is 1.45. The molecule has 2 aromatic rings. The third-order valence-electron chi connectivity index (χ3n) is 9.50. The van der Waals surface area contributed by atoms with Crippen molar-refractivity contribution in [2.24, 2.45) is 17.8 Å². The average Bonchev–Trinajstić information content (AvgIpc) is 3.14. The van der Waals surface area contributed by atoms with Crippen molar-refractivity contribution in [3.8, 4) is 0 Å². The maximum atomic E-state index is 14.4. The van der Waals surface area contributed by atoms with Crippen LogP contribution in [0.25, 0.3) is 0 Å². The molecular weight excluding hydrogens is 472 g/mol. The van der Waals surface area contributed by atoms with Gasteiger partial charge in [0.05, 0.1) is 5.92 Å². The number of benzene rings is 2. The Morgan fingerprint density at radius 2 is 1.53 bits per heavy atom. The van der Waals surface area contributed by atoms with E-state index in [1.807, 2.05) is 12.1 Å². The van der Waals surface area contributed by atoms with Crippen LogP contribution in [0.5, 0.6) is 0 Å². The number of carbonyl (C=O) groups excluding carboxylic acids is 2. The summed E-state index contributed by atoms with van der Waals surface area (Å²) in [4.78, 5) is 30.5. The Labute approximate surface area is 226 Å². The molecule has 5 fully saturated rings. The molecule has 2 aromatic carbocycles. The predicted molar refractivity (Wildman–Crippen MR) is 149 cm³/mol. The third kappa shape index (κ3) is 4.56. The summed E-state index contributed by atoms with van der Waals surface area (Å²) < 4.78 is 0. The van der Waals surface area contributed by atoms with Crippen LogP contribution in [-0.4, -0.2) is 52.0 Å². The smallest absolute Gasteiger partial charge is 0.246 e. The van der Waals surface area contributed by atoms with E-state index in [9.17, 15) is 9.59 Å². The number of amides is 2. The maximum absolute atomic E-state index is 14.4. The van der Waals surface area contributed by atoms with Gasteiger partial charge in [0.2, 0.25) is 11.8 Å². The van der Waals surface area contributed by atoms with Crippen molar-refractivity contribution in [2.45, 2.75) is 88.6 Å². The van der Waals surface area contributed by atoms with Crippen LogP contribution in [-0.2, 0) is 22.6 Å². The molecule has 4 aliphatic heterocycles. The number of rotatable bonds is 6. The van der Waals surface area contributed by atoms with Crippen LogP contribution in [0.2, 0.25) is 0 Å². The van der Waals surface area contributed by atoms with Gasteiger partial charge < -0.3 is 16.0 Å². The molecule has 5 aliphatic rings. The minimum atomic E-state index is -0.887. The topological polar surface area (TPSA) is 73.5 Å². The van der Waals surface area contributed by atoms with Crippen molar-refractivity contribution >= 4 is 11.8 Å². The highest BCUT2D eigenvalue weighted by atomic mass is 16.2. The van der Waals surface area contributed by atoms with Crippen LogP contribution in [0.15, 0.2) is 60.7 Å². The fraction of sp³-hybridized carbons (Fsp3) is 0.562. The minimum Gasteiger partial charge on any atom is -0.351 e. The first-order chi connectivity index (χ1) is 18.1. The molecule has 1 saturated carbocycles. The molecule has 5 atom stereocenters. The molecule has 1 aliphatic carbocycles. The van der Waals surface area contributed by atoms with Crippen molar-refractivity contribution in [1.29, 1.82) is 0 Å². The third-order valence-corrected chi connectivity index (χ3v) is 9.50. The van der Waals surface area contributed by atoms with E-state index >= 15 is 0 Å². The van der Waals surface area contributed by atoms with Crippen LogP contribution in [0, 0.1) is 17.8 Å². The molecule has 2 amide bonds. The number of nitrogens with zero attached hydrogens (tertiary/aromatic N) is 1. The van der Waals surface area contributed by atoms with Gasteiger partial charge in [-0.15, -0.1) is 0 Å². The van der Waals surface area contributed by atoms with E-state index < -0.39 is 5.54 Å². The summed E-state index contributed by atoms with van der Waals surface area (Å²) in [5.74, 6) is 0.236. The average molecular weight is 515 g/mol. The second-order valence-corrected chi connectivity index (χ2v) is 13.6. The van der Waals surface area contributed by atoms with Crippen molar-refractivity contribution in [3.05, 3.63) is 71.8 Å². The molecular formula is C32H42N4O2. The summed E-state index contributed by atoms with van der Waals surface area (Å²) in [6, 6.07) is 21.1. The van der Waals surface area contributed by atoms with E-state index in [1.54, 1.807) is 0 Å². The Kier molecular flexibility index (Phi) is 6.19. The molecule has 4 saturated heterocycles. The van der Waals surface area contributed by atoms with E-state index in [0.29, 0.717) is 6.42 Å². The van der Waals surface area contributed by atoms with Crippen molar-refractivity contribution in [3.63, 3.8) is 0 Å². The number of fused-ring (bicyclic) bond motifs is 1. The predicted octanol–water partition coefficient (Wildman–Crippen LogP) is 3.66. The zero-order chi connectivity index (χ0) is 26.7. The zero-order valence-electron chi connectivity index (χ0n) is 23.2. The Bertz CT molecular complexity index is 1180. The largest absolute Gasteiger partial charge is 0.351 e. The van der Waals surface area contributed by atoms with Gasteiger partial charge in [-0.1, -0.05) is 60.7 Å². The molecule has 5 unspecified atom stereocenters. The second kappa shape index (κ2) is 9.20. The SMILES string of the molecule is CC1(C)CC(NC(=O)C23CC4CN(Cc5ccccc5)C(C4C(=O)N2)C3Cc2ccccc2)CC(C)(C)N1. The maximum Gasteiger partial charge on any atom is 0.246 e. The molecule has 6 heteroatoms. The highest BCUT2D eigenvalue weighted by molar-refractivity contribution is 5.96. The lowest BCUT2D eigenvalue weighted by atomic mass is 9.57. The Balaban J connectivity index is 1.34. The zero-order valence-corrected chi connectivity index (χ0v) is 23.2. The molecule has 4 heterocycles. The fourth-order valence-corrected chi connectivity index (χ4v) is 8.62. The number of hydrogen-bond donors (Lipinski definition) is 3. The molecule has 38 heavy (non-hydrogen) atoms. The quantitative estimate of drug-likeness (QED) is 0.550. The fourth-order valence-electron chi connectivity index (χ4n) is 8.62. The van der Waals surface area contributed by atoms with E-state index in [-0.39, 0.29) is 52.7 Å². The first-order valence-corrected chi connectivity index (χ1v) is 14.3. The van der Waals surface area contributed by atoms with Crippen molar-refractivity contribution in [2.75, 3.05) is 6.54 Å². The van der Waals surface area contributed by atoms with Gasteiger partial charge >= 0.3 is 0 Å². The second-order valence-electron chi connectivity index (χ2n) is 13.6. The first kappa shape index (κ1) is 25.6. The van der Waals surface area contributed by atoms with Gasteiger partial charge in [0.25, 0.3) is 0 Å². The van der Waals surface area contributed by atoms with Gasteiger partial charge in [-0.25, -0.2) is 0 Å². The van der Waals surface area contributed by atoms with E-state index in [0.717, 1.165) is 32.4 Å². The van der Waals surface area contributed by atoms with Gasteiger partial charge in [-0.3, -0.25) is 14.5 Å². The first-order valence-electron chi connectivity index (χ1n) is 14.3. The molecule has 202 valence electrons. The monoisotopic (exact) mass is 514 g/mol. The number of piperidine rings is 3. The molecule has 7 rings (SSSR count). The van der Waals surface area contributed by atoms with Crippen LogP contribution in [0.1, 0.15) is 58.1 Å². The highest BCUT2D eigenvalue weighted by Crippen LogP contribution is 2.53. The molecule has 4 bridgehead atoms. The van der Waals surface area contributed by atoms with Gasteiger partial charge in [0.1, 0.15) is 5.54 Å². The summed E-state index contributed by atoms with van der Waals surface area (Å²) in [7, 11) is 0. The van der Waals surface area contributed by atoms with E-state index in [4.69, 9.17) is 0 Å². The lowest BCUT2D eigenvalue weighted by Crippen LogP contribution is -2.77. The van der Waals surface area contributed by atoms with Gasteiger partial charge in [-0.2, -0.15) is 0 Å². The summed E-state index contributed by atoms with van der Waals surface area (Å²) >= 11 is 0. The number of likely N-dealkylation sites (tertiary alicyclic amines) is 1. The Morgan fingerprint density at radius 1 is 0.921 bits per heavy atom. The van der Waals surface area contributed by atoms with Gasteiger partial charge in [-0.05, 0) is 70.4 Å².